The van der Waals surface area contributed by atoms with E-state index in [2.05, 4.69) is 15.3 Å². The predicted molar refractivity (Wildman–Crippen MR) is 94.1 cm³/mol. The number of para-hydroxylation sites is 2. The van der Waals surface area contributed by atoms with Crippen molar-refractivity contribution in [1.82, 2.24) is 9.97 Å². The second-order valence-corrected chi connectivity index (χ2v) is 6.30. The van der Waals surface area contributed by atoms with Crippen molar-refractivity contribution < 1.29 is 4.79 Å². The third-order valence-electron chi connectivity index (χ3n) is 3.60. The van der Waals surface area contributed by atoms with Crippen molar-refractivity contribution in [2.75, 3.05) is 5.32 Å². The maximum absolute atomic E-state index is 12.7. The summed E-state index contributed by atoms with van der Waals surface area (Å²) in [7, 11) is 0. The molecule has 0 bridgehead atoms. The normalized spacial score (nSPS) is 11.0. The molecule has 0 atom stereocenters. The minimum absolute atomic E-state index is 0.161. The Morgan fingerprint density at radius 2 is 1.74 bits per heavy atom. The Morgan fingerprint density at radius 1 is 1.00 bits per heavy atom. The van der Waals surface area contributed by atoms with Crippen LogP contribution in [0.15, 0.2) is 54.6 Å². The van der Waals surface area contributed by atoms with E-state index >= 15 is 0 Å². The third-order valence-corrected chi connectivity index (χ3v) is 4.56. The van der Waals surface area contributed by atoms with Crippen LogP contribution in [0.2, 0.25) is 0 Å². The molecule has 0 radical (unpaired) electrons. The van der Waals surface area contributed by atoms with Gasteiger partial charge in [-0.2, -0.15) is 0 Å². The Kier molecular flexibility index (Phi) is 3.28. The monoisotopic (exact) mass is 319 g/mol. The van der Waals surface area contributed by atoms with Crippen molar-refractivity contribution in [3.8, 4) is 0 Å². The van der Waals surface area contributed by atoms with Gasteiger partial charge in [-0.15, -0.1) is 0 Å². The molecule has 112 valence electrons. The van der Waals surface area contributed by atoms with E-state index in [0.29, 0.717) is 10.7 Å². The lowest BCUT2D eigenvalue weighted by molar-refractivity contribution is 0.102. The maximum atomic E-state index is 12.7. The molecule has 0 aliphatic rings. The number of rotatable bonds is 2. The molecule has 0 fully saturated rings. The molecule has 23 heavy (non-hydrogen) atoms. The molecular formula is C18H13N3OS. The lowest BCUT2D eigenvalue weighted by Gasteiger charge is -2.07. The number of nitrogens with zero attached hydrogens (tertiary/aromatic N) is 2. The molecule has 0 aliphatic heterocycles. The minimum atomic E-state index is -0.161. The SMILES string of the molecule is Cc1cc(C(=O)Nc2nc3ccccc3s2)c2ccccc2n1. The number of carbonyl (C=O) groups excluding carboxylic acids is 1. The second-order valence-electron chi connectivity index (χ2n) is 5.27. The summed E-state index contributed by atoms with van der Waals surface area (Å²) in [5.74, 6) is -0.161. The number of benzene rings is 2. The summed E-state index contributed by atoms with van der Waals surface area (Å²) in [6, 6.07) is 17.3. The van der Waals surface area contributed by atoms with E-state index < -0.39 is 0 Å². The first-order valence-corrected chi connectivity index (χ1v) is 8.06. The third kappa shape index (κ3) is 2.55. The van der Waals surface area contributed by atoms with Gasteiger partial charge in [-0.05, 0) is 31.2 Å². The first-order valence-electron chi connectivity index (χ1n) is 7.24. The van der Waals surface area contributed by atoms with Gasteiger partial charge in [0.25, 0.3) is 5.91 Å². The average Bonchev–Trinajstić information content (AvgIpc) is 2.96. The summed E-state index contributed by atoms with van der Waals surface area (Å²) in [5.41, 5.74) is 3.15. The molecule has 0 unspecified atom stereocenters. The largest absolute Gasteiger partial charge is 0.298 e. The summed E-state index contributed by atoms with van der Waals surface area (Å²) in [6.45, 7) is 1.89. The molecular weight excluding hydrogens is 306 g/mol. The fourth-order valence-electron chi connectivity index (χ4n) is 2.59. The van der Waals surface area contributed by atoms with Crippen LogP contribution in [0, 0.1) is 6.92 Å². The molecule has 1 N–H and O–H groups in total. The van der Waals surface area contributed by atoms with Crippen LogP contribution in [0.25, 0.3) is 21.1 Å². The first-order chi connectivity index (χ1) is 11.2. The molecule has 0 aliphatic carbocycles. The highest BCUT2D eigenvalue weighted by Gasteiger charge is 2.14. The fraction of sp³-hybridized carbons (Fsp3) is 0.0556. The summed E-state index contributed by atoms with van der Waals surface area (Å²) in [5, 5.41) is 4.36. The van der Waals surface area contributed by atoms with Crippen LogP contribution in [0.1, 0.15) is 16.1 Å². The van der Waals surface area contributed by atoms with Crippen LogP contribution in [0.3, 0.4) is 0 Å². The lowest BCUT2D eigenvalue weighted by atomic mass is 10.1. The number of hydrogen-bond acceptors (Lipinski definition) is 4. The highest BCUT2D eigenvalue weighted by atomic mass is 32.1. The first kappa shape index (κ1) is 13.8. The van der Waals surface area contributed by atoms with Gasteiger partial charge in [0.2, 0.25) is 0 Å². The van der Waals surface area contributed by atoms with Gasteiger partial charge in [-0.3, -0.25) is 15.1 Å². The molecule has 0 saturated carbocycles. The number of hydrogen-bond donors (Lipinski definition) is 1. The Morgan fingerprint density at radius 3 is 2.57 bits per heavy atom. The number of thiazole rings is 1. The van der Waals surface area contributed by atoms with Gasteiger partial charge in [0.05, 0.1) is 21.3 Å². The van der Waals surface area contributed by atoms with Crippen molar-refractivity contribution in [1.29, 1.82) is 0 Å². The lowest BCUT2D eigenvalue weighted by Crippen LogP contribution is -2.13. The van der Waals surface area contributed by atoms with E-state index in [4.69, 9.17) is 0 Å². The standard InChI is InChI=1S/C18H13N3OS/c1-11-10-13(12-6-2-3-7-14(12)19-11)17(22)21-18-20-15-8-4-5-9-16(15)23-18/h2-10H,1H3,(H,20,21,22). The zero-order chi connectivity index (χ0) is 15.8. The summed E-state index contributed by atoms with van der Waals surface area (Å²) < 4.78 is 1.05. The van der Waals surface area contributed by atoms with Crippen LogP contribution in [-0.4, -0.2) is 15.9 Å². The molecule has 2 aromatic heterocycles. The molecule has 4 rings (SSSR count). The van der Waals surface area contributed by atoms with Gasteiger partial charge < -0.3 is 0 Å². The van der Waals surface area contributed by atoms with E-state index in [0.717, 1.165) is 26.8 Å². The Bertz CT molecular complexity index is 1010. The van der Waals surface area contributed by atoms with Gasteiger partial charge in [0.1, 0.15) is 0 Å². The Labute approximate surface area is 136 Å². The van der Waals surface area contributed by atoms with Crippen molar-refractivity contribution in [3.63, 3.8) is 0 Å². The fourth-order valence-corrected chi connectivity index (χ4v) is 3.45. The van der Waals surface area contributed by atoms with E-state index in [1.807, 2.05) is 61.5 Å². The van der Waals surface area contributed by atoms with Gasteiger partial charge in [0.15, 0.2) is 5.13 Å². The van der Waals surface area contributed by atoms with Crippen LogP contribution < -0.4 is 5.32 Å². The number of nitrogens with one attached hydrogen (secondary N) is 1. The predicted octanol–water partition coefficient (Wildman–Crippen LogP) is 4.41. The number of anilines is 1. The van der Waals surface area contributed by atoms with Gasteiger partial charge in [-0.25, -0.2) is 4.98 Å². The number of carbonyl (C=O) groups is 1. The zero-order valence-corrected chi connectivity index (χ0v) is 13.2. The van der Waals surface area contributed by atoms with Crippen LogP contribution in [0.4, 0.5) is 5.13 Å². The van der Waals surface area contributed by atoms with E-state index in [1.54, 1.807) is 0 Å². The molecule has 2 heterocycles. The number of aryl methyl sites for hydroxylation is 1. The van der Waals surface area contributed by atoms with Crippen LogP contribution in [-0.2, 0) is 0 Å². The van der Waals surface area contributed by atoms with Gasteiger partial charge in [-0.1, -0.05) is 41.7 Å². The maximum Gasteiger partial charge on any atom is 0.258 e. The smallest absolute Gasteiger partial charge is 0.258 e. The summed E-state index contributed by atoms with van der Waals surface area (Å²) in [4.78, 5) is 21.6. The topological polar surface area (TPSA) is 54.9 Å². The molecule has 0 spiro atoms. The van der Waals surface area contributed by atoms with E-state index in [9.17, 15) is 4.79 Å². The highest BCUT2D eigenvalue weighted by molar-refractivity contribution is 7.22. The zero-order valence-electron chi connectivity index (χ0n) is 12.4. The van der Waals surface area contributed by atoms with E-state index in [-0.39, 0.29) is 5.91 Å². The van der Waals surface area contributed by atoms with Crippen molar-refractivity contribution in [2.24, 2.45) is 0 Å². The van der Waals surface area contributed by atoms with Crippen LogP contribution >= 0.6 is 11.3 Å². The summed E-state index contributed by atoms with van der Waals surface area (Å²) >= 11 is 1.47. The van der Waals surface area contributed by atoms with Gasteiger partial charge >= 0.3 is 0 Å². The van der Waals surface area contributed by atoms with Crippen molar-refractivity contribution in [3.05, 3.63) is 65.9 Å². The Balaban J connectivity index is 1.74. The Hall–Kier alpha value is -2.79. The second kappa shape index (κ2) is 5.44. The van der Waals surface area contributed by atoms with E-state index in [1.165, 1.54) is 11.3 Å². The van der Waals surface area contributed by atoms with Crippen molar-refractivity contribution in [2.45, 2.75) is 6.92 Å². The van der Waals surface area contributed by atoms with Crippen molar-refractivity contribution >= 4 is 43.5 Å². The molecule has 4 aromatic rings. The van der Waals surface area contributed by atoms with Crippen LogP contribution in [0.5, 0.6) is 0 Å². The minimum Gasteiger partial charge on any atom is -0.298 e. The molecule has 2 aromatic carbocycles. The van der Waals surface area contributed by atoms with Gasteiger partial charge in [0, 0.05) is 11.1 Å². The quantitative estimate of drug-likeness (QED) is 0.595. The molecule has 0 saturated heterocycles. The highest BCUT2D eigenvalue weighted by Crippen LogP contribution is 2.26. The number of pyridine rings is 1. The average molecular weight is 319 g/mol. The number of fused-ring (bicyclic) bond motifs is 2. The number of aromatic nitrogens is 2. The molecule has 1 amide bonds. The summed E-state index contributed by atoms with van der Waals surface area (Å²) in [6.07, 6.45) is 0. The molecule has 5 heteroatoms. The number of amides is 1. The molecule has 4 nitrogen and oxygen atoms in total.